The summed E-state index contributed by atoms with van der Waals surface area (Å²) < 4.78 is 4.98. The molecule has 0 atom stereocenters. The second-order valence-corrected chi connectivity index (χ2v) is 5.10. The van der Waals surface area contributed by atoms with Crippen molar-refractivity contribution in [3.8, 4) is 0 Å². The number of carbonyl (C=O) groups excluding carboxylic acids is 1. The number of nitrogens with zero attached hydrogens (tertiary/aromatic N) is 1. The van der Waals surface area contributed by atoms with Crippen molar-refractivity contribution in [2.24, 2.45) is 0 Å². The molecular weight excluding hydrogens is 302 g/mol. The highest BCUT2D eigenvalue weighted by Gasteiger charge is 2.06. The molecule has 1 amide bonds. The van der Waals surface area contributed by atoms with Crippen molar-refractivity contribution in [1.29, 1.82) is 0 Å². The van der Waals surface area contributed by atoms with E-state index in [0.717, 1.165) is 25.3 Å². The van der Waals surface area contributed by atoms with Gasteiger partial charge in [-0.1, -0.05) is 11.6 Å². The number of pyridine rings is 1. The van der Waals surface area contributed by atoms with E-state index in [4.69, 9.17) is 16.3 Å². The third kappa shape index (κ3) is 5.02. The standard InChI is InChI=1S/C16H18ClN3O2/c1-22-10-2-9-18-14-7-8-15(19-11-14)20-16(21)12-3-5-13(17)6-4-12/h3-8,11,18H,2,9-10H2,1H3,(H,19,20,21). The topological polar surface area (TPSA) is 63.2 Å². The number of hydrogen-bond acceptors (Lipinski definition) is 4. The van der Waals surface area contributed by atoms with E-state index in [0.29, 0.717) is 16.4 Å². The summed E-state index contributed by atoms with van der Waals surface area (Å²) in [7, 11) is 1.68. The SMILES string of the molecule is COCCCNc1ccc(NC(=O)c2ccc(Cl)cc2)nc1. The van der Waals surface area contributed by atoms with Crippen LogP contribution >= 0.6 is 11.6 Å². The summed E-state index contributed by atoms with van der Waals surface area (Å²) in [5, 5.41) is 6.56. The van der Waals surface area contributed by atoms with E-state index in [1.807, 2.05) is 6.07 Å². The first-order chi connectivity index (χ1) is 10.7. The van der Waals surface area contributed by atoms with Gasteiger partial charge >= 0.3 is 0 Å². The average Bonchev–Trinajstić information content (AvgIpc) is 2.54. The van der Waals surface area contributed by atoms with Crippen molar-refractivity contribution < 1.29 is 9.53 Å². The average molecular weight is 320 g/mol. The van der Waals surface area contributed by atoms with Gasteiger partial charge in [-0.15, -0.1) is 0 Å². The lowest BCUT2D eigenvalue weighted by Gasteiger charge is -2.08. The van der Waals surface area contributed by atoms with Crippen LogP contribution in [0.4, 0.5) is 11.5 Å². The smallest absolute Gasteiger partial charge is 0.256 e. The second-order valence-electron chi connectivity index (χ2n) is 4.67. The number of aromatic nitrogens is 1. The summed E-state index contributed by atoms with van der Waals surface area (Å²) in [6.07, 6.45) is 2.61. The molecule has 0 radical (unpaired) electrons. The number of nitrogens with one attached hydrogen (secondary N) is 2. The van der Waals surface area contributed by atoms with E-state index in [1.165, 1.54) is 0 Å². The third-order valence-corrected chi connectivity index (χ3v) is 3.22. The van der Waals surface area contributed by atoms with Gasteiger partial charge in [-0.3, -0.25) is 4.79 Å². The lowest BCUT2D eigenvalue weighted by molar-refractivity contribution is 0.102. The van der Waals surface area contributed by atoms with Crippen molar-refractivity contribution >= 4 is 29.0 Å². The van der Waals surface area contributed by atoms with E-state index >= 15 is 0 Å². The molecule has 1 heterocycles. The minimum absolute atomic E-state index is 0.218. The quantitative estimate of drug-likeness (QED) is 0.767. The van der Waals surface area contributed by atoms with Gasteiger partial charge in [-0.25, -0.2) is 4.98 Å². The lowest BCUT2D eigenvalue weighted by atomic mass is 10.2. The highest BCUT2D eigenvalue weighted by atomic mass is 35.5. The van der Waals surface area contributed by atoms with Gasteiger partial charge in [0.25, 0.3) is 5.91 Å². The Hall–Kier alpha value is -2.11. The number of halogens is 1. The van der Waals surface area contributed by atoms with Gasteiger partial charge in [0.2, 0.25) is 0 Å². The van der Waals surface area contributed by atoms with E-state index in [2.05, 4.69) is 15.6 Å². The van der Waals surface area contributed by atoms with Gasteiger partial charge in [0.1, 0.15) is 5.82 Å². The van der Waals surface area contributed by atoms with Crippen LogP contribution in [-0.2, 0) is 4.74 Å². The number of hydrogen-bond donors (Lipinski definition) is 2. The largest absolute Gasteiger partial charge is 0.385 e. The van der Waals surface area contributed by atoms with Crippen molar-refractivity contribution in [3.05, 3.63) is 53.2 Å². The molecule has 0 bridgehead atoms. The summed E-state index contributed by atoms with van der Waals surface area (Å²) in [4.78, 5) is 16.2. The maximum absolute atomic E-state index is 12.0. The maximum Gasteiger partial charge on any atom is 0.256 e. The molecule has 0 fully saturated rings. The molecular formula is C16H18ClN3O2. The molecule has 0 aliphatic carbocycles. The normalized spacial score (nSPS) is 10.3. The Labute approximate surface area is 134 Å². The van der Waals surface area contributed by atoms with E-state index < -0.39 is 0 Å². The van der Waals surface area contributed by atoms with Crippen molar-refractivity contribution in [2.45, 2.75) is 6.42 Å². The van der Waals surface area contributed by atoms with Gasteiger partial charge in [0, 0.05) is 30.8 Å². The first-order valence-electron chi connectivity index (χ1n) is 6.95. The Bertz CT molecular complexity index is 600. The summed E-state index contributed by atoms with van der Waals surface area (Å²) in [5.41, 5.74) is 1.44. The van der Waals surface area contributed by atoms with Gasteiger partial charge in [0.05, 0.1) is 11.9 Å². The number of benzene rings is 1. The first-order valence-corrected chi connectivity index (χ1v) is 7.32. The molecule has 22 heavy (non-hydrogen) atoms. The van der Waals surface area contributed by atoms with E-state index in [1.54, 1.807) is 43.6 Å². The number of methoxy groups -OCH3 is 1. The fourth-order valence-corrected chi connectivity index (χ4v) is 1.94. The molecule has 1 aromatic carbocycles. The molecule has 0 saturated carbocycles. The highest BCUT2D eigenvalue weighted by molar-refractivity contribution is 6.30. The monoisotopic (exact) mass is 319 g/mol. The van der Waals surface area contributed by atoms with Gasteiger partial charge in [-0.05, 0) is 42.8 Å². The highest BCUT2D eigenvalue weighted by Crippen LogP contribution is 2.13. The van der Waals surface area contributed by atoms with E-state index in [9.17, 15) is 4.79 Å². The summed E-state index contributed by atoms with van der Waals surface area (Å²) in [6, 6.07) is 10.3. The first kappa shape index (κ1) is 16.3. The Morgan fingerprint density at radius 2 is 2.00 bits per heavy atom. The van der Waals surface area contributed by atoms with Crippen LogP contribution in [0.2, 0.25) is 5.02 Å². The molecule has 0 saturated heterocycles. The molecule has 2 aromatic rings. The molecule has 0 aliphatic rings. The lowest BCUT2D eigenvalue weighted by Crippen LogP contribution is -2.13. The predicted octanol–water partition coefficient (Wildman–Crippen LogP) is 3.44. The number of carbonyl (C=O) groups is 1. The summed E-state index contributed by atoms with van der Waals surface area (Å²) in [5.74, 6) is 0.285. The van der Waals surface area contributed by atoms with Crippen LogP contribution in [0.3, 0.4) is 0 Å². The molecule has 0 aliphatic heterocycles. The van der Waals surface area contributed by atoms with Gasteiger partial charge in [0.15, 0.2) is 0 Å². The predicted molar refractivity (Wildman–Crippen MR) is 88.6 cm³/mol. The Balaban J connectivity index is 1.88. The zero-order valence-electron chi connectivity index (χ0n) is 12.3. The van der Waals surface area contributed by atoms with Crippen molar-refractivity contribution in [2.75, 3.05) is 30.9 Å². The fraction of sp³-hybridized carbons (Fsp3) is 0.250. The molecule has 1 aromatic heterocycles. The number of ether oxygens (including phenoxy) is 1. The molecule has 2 rings (SSSR count). The van der Waals surface area contributed by atoms with Gasteiger partial charge in [-0.2, -0.15) is 0 Å². The minimum Gasteiger partial charge on any atom is -0.385 e. The third-order valence-electron chi connectivity index (χ3n) is 2.97. The summed E-state index contributed by atoms with van der Waals surface area (Å²) >= 11 is 5.80. The molecule has 116 valence electrons. The van der Waals surface area contributed by atoms with Crippen molar-refractivity contribution in [3.63, 3.8) is 0 Å². The van der Waals surface area contributed by atoms with Crippen molar-refractivity contribution in [1.82, 2.24) is 4.98 Å². The van der Waals surface area contributed by atoms with Gasteiger partial charge < -0.3 is 15.4 Å². The summed E-state index contributed by atoms with van der Waals surface area (Å²) in [6.45, 7) is 1.53. The molecule has 6 heteroatoms. The molecule has 5 nitrogen and oxygen atoms in total. The minimum atomic E-state index is -0.218. The fourth-order valence-electron chi connectivity index (χ4n) is 1.81. The van der Waals surface area contributed by atoms with Crippen LogP contribution in [0.5, 0.6) is 0 Å². The van der Waals surface area contributed by atoms with Crippen LogP contribution in [0.25, 0.3) is 0 Å². The number of amides is 1. The Morgan fingerprint density at radius 1 is 1.23 bits per heavy atom. The maximum atomic E-state index is 12.0. The molecule has 0 unspecified atom stereocenters. The zero-order valence-corrected chi connectivity index (χ0v) is 13.1. The van der Waals surface area contributed by atoms with E-state index in [-0.39, 0.29) is 5.91 Å². The van der Waals surface area contributed by atoms with Crippen LogP contribution < -0.4 is 10.6 Å². The zero-order chi connectivity index (χ0) is 15.8. The number of rotatable bonds is 7. The Kier molecular flexibility index (Phi) is 6.18. The molecule has 0 spiro atoms. The number of anilines is 2. The molecule has 2 N–H and O–H groups in total. The van der Waals surface area contributed by atoms with Crippen LogP contribution in [-0.4, -0.2) is 31.2 Å². The second kappa shape index (κ2) is 8.36. The van der Waals surface area contributed by atoms with Crippen LogP contribution in [0.15, 0.2) is 42.6 Å². The van der Waals surface area contributed by atoms with Crippen LogP contribution in [0, 0.1) is 0 Å². The Morgan fingerprint density at radius 3 is 2.64 bits per heavy atom. The van der Waals surface area contributed by atoms with Crippen LogP contribution in [0.1, 0.15) is 16.8 Å².